The molecule has 0 saturated carbocycles. The Morgan fingerprint density at radius 3 is 1.57 bits per heavy atom. The number of hydrogen-bond acceptors (Lipinski definition) is 5. The standard InChI is InChI=1S/C16H31N3O4/c1-8(2)11(17)14(20)18-12(9(3)4)15(21)19-13(10(5)6)16(22)23-7/h8-13H,17H2,1-7H3,(H,18,20)(H,19,21)/t11-,12+,13+/m1/s1. The minimum atomic E-state index is -0.766. The molecule has 0 rings (SSSR count). The van der Waals surface area contributed by atoms with E-state index in [1.54, 1.807) is 13.8 Å². The van der Waals surface area contributed by atoms with Crippen LogP contribution in [-0.2, 0) is 19.1 Å². The van der Waals surface area contributed by atoms with Gasteiger partial charge in [-0.2, -0.15) is 0 Å². The quantitative estimate of drug-likeness (QED) is 0.559. The Kier molecular flexibility index (Phi) is 8.82. The number of rotatable bonds is 8. The molecule has 0 heterocycles. The Balaban J connectivity index is 5.06. The normalized spacial score (nSPS) is 15.3. The molecule has 3 atom stereocenters. The lowest BCUT2D eigenvalue weighted by Gasteiger charge is -2.27. The monoisotopic (exact) mass is 329 g/mol. The molecule has 0 spiro atoms. The lowest BCUT2D eigenvalue weighted by molar-refractivity contribution is -0.146. The lowest BCUT2D eigenvalue weighted by Crippen LogP contribution is -2.57. The summed E-state index contributed by atoms with van der Waals surface area (Å²) in [6.45, 7) is 10.9. The molecule has 0 aliphatic carbocycles. The van der Waals surface area contributed by atoms with Crippen molar-refractivity contribution in [2.24, 2.45) is 23.5 Å². The molecule has 0 aromatic rings. The van der Waals surface area contributed by atoms with Crippen molar-refractivity contribution in [2.45, 2.75) is 59.7 Å². The molecule has 7 heteroatoms. The van der Waals surface area contributed by atoms with Crippen LogP contribution in [0.15, 0.2) is 0 Å². The maximum Gasteiger partial charge on any atom is 0.328 e. The van der Waals surface area contributed by atoms with Gasteiger partial charge in [-0.1, -0.05) is 41.5 Å². The van der Waals surface area contributed by atoms with Gasteiger partial charge in [-0.15, -0.1) is 0 Å². The number of carbonyl (C=O) groups excluding carboxylic acids is 3. The summed E-state index contributed by atoms with van der Waals surface area (Å²) in [5.74, 6) is -1.64. The topological polar surface area (TPSA) is 111 Å². The van der Waals surface area contributed by atoms with Crippen LogP contribution in [0.1, 0.15) is 41.5 Å². The first-order valence-electron chi connectivity index (χ1n) is 7.97. The van der Waals surface area contributed by atoms with Gasteiger partial charge in [-0.3, -0.25) is 9.59 Å². The zero-order valence-electron chi connectivity index (χ0n) is 15.2. The van der Waals surface area contributed by atoms with E-state index in [1.165, 1.54) is 7.11 Å². The van der Waals surface area contributed by atoms with E-state index in [4.69, 9.17) is 10.5 Å². The third kappa shape index (κ3) is 6.56. The van der Waals surface area contributed by atoms with E-state index >= 15 is 0 Å². The zero-order valence-corrected chi connectivity index (χ0v) is 15.2. The van der Waals surface area contributed by atoms with Crippen LogP contribution >= 0.6 is 0 Å². The minimum Gasteiger partial charge on any atom is -0.467 e. The molecule has 4 N–H and O–H groups in total. The SMILES string of the molecule is COC(=O)[C@@H](NC(=O)[C@@H](NC(=O)[C@H](N)C(C)C)C(C)C)C(C)C. The summed E-state index contributed by atoms with van der Waals surface area (Å²) < 4.78 is 4.70. The van der Waals surface area contributed by atoms with Crippen LogP contribution in [0.2, 0.25) is 0 Å². The van der Waals surface area contributed by atoms with Gasteiger partial charge in [-0.25, -0.2) is 4.79 Å². The number of amides is 2. The molecule has 134 valence electrons. The second-order valence-electron chi connectivity index (χ2n) is 6.75. The van der Waals surface area contributed by atoms with Gasteiger partial charge in [0.2, 0.25) is 11.8 Å². The number of methoxy groups -OCH3 is 1. The fourth-order valence-electron chi connectivity index (χ4n) is 1.95. The highest BCUT2D eigenvalue weighted by Gasteiger charge is 2.32. The van der Waals surface area contributed by atoms with Gasteiger partial charge in [0.15, 0.2) is 0 Å². The first-order valence-corrected chi connectivity index (χ1v) is 7.97. The summed E-state index contributed by atoms with van der Waals surface area (Å²) in [5.41, 5.74) is 5.81. The molecule has 0 saturated heterocycles. The van der Waals surface area contributed by atoms with E-state index in [0.29, 0.717) is 0 Å². The van der Waals surface area contributed by atoms with Crippen LogP contribution in [0.3, 0.4) is 0 Å². The number of nitrogens with one attached hydrogen (secondary N) is 2. The molecule has 2 amide bonds. The number of hydrogen-bond donors (Lipinski definition) is 3. The second-order valence-corrected chi connectivity index (χ2v) is 6.75. The van der Waals surface area contributed by atoms with Gasteiger partial charge >= 0.3 is 5.97 Å². The molecule has 0 aromatic carbocycles. The van der Waals surface area contributed by atoms with E-state index in [-0.39, 0.29) is 23.7 Å². The molecule has 23 heavy (non-hydrogen) atoms. The largest absolute Gasteiger partial charge is 0.467 e. The average molecular weight is 329 g/mol. The summed E-state index contributed by atoms with van der Waals surface area (Å²) in [5, 5.41) is 5.32. The van der Waals surface area contributed by atoms with Crippen molar-refractivity contribution in [3.05, 3.63) is 0 Å². The van der Waals surface area contributed by atoms with Crippen LogP contribution < -0.4 is 16.4 Å². The van der Waals surface area contributed by atoms with Crippen LogP contribution in [-0.4, -0.2) is 43.0 Å². The molecule has 0 aromatic heterocycles. The molecule has 0 bridgehead atoms. The molecular formula is C16H31N3O4. The Bertz CT molecular complexity index is 422. The van der Waals surface area contributed by atoms with Gasteiger partial charge in [0.05, 0.1) is 13.2 Å². The first-order chi connectivity index (χ1) is 10.5. The van der Waals surface area contributed by atoms with Crippen LogP contribution in [0.4, 0.5) is 0 Å². The highest BCUT2D eigenvalue weighted by atomic mass is 16.5. The molecule has 7 nitrogen and oxygen atoms in total. The van der Waals surface area contributed by atoms with Crippen LogP contribution in [0, 0.1) is 17.8 Å². The Hall–Kier alpha value is -1.63. The Morgan fingerprint density at radius 2 is 1.22 bits per heavy atom. The number of nitrogens with two attached hydrogens (primary N) is 1. The third-order valence-corrected chi connectivity index (χ3v) is 3.69. The summed E-state index contributed by atoms with van der Waals surface area (Å²) in [4.78, 5) is 36.3. The molecular weight excluding hydrogens is 298 g/mol. The van der Waals surface area contributed by atoms with Gasteiger partial charge in [-0.05, 0) is 17.8 Å². The van der Waals surface area contributed by atoms with Gasteiger partial charge in [0, 0.05) is 0 Å². The first kappa shape index (κ1) is 21.4. The predicted octanol–water partition coefficient (Wildman–Crippen LogP) is 0.424. The zero-order chi connectivity index (χ0) is 18.3. The molecule has 0 aliphatic heterocycles. The number of carbonyl (C=O) groups is 3. The second kappa shape index (κ2) is 9.50. The fourth-order valence-corrected chi connectivity index (χ4v) is 1.95. The summed E-state index contributed by atoms with van der Waals surface area (Å²) in [6, 6.07) is -2.21. The minimum absolute atomic E-state index is 0.0376. The number of esters is 1. The molecule has 0 fully saturated rings. The average Bonchev–Trinajstić information content (AvgIpc) is 2.47. The highest BCUT2D eigenvalue weighted by Crippen LogP contribution is 2.08. The van der Waals surface area contributed by atoms with Crippen LogP contribution in [0.25, 0.3) is 0 Å². The van der Waals surface area contributed by atoms with Crippen molar-refractivity contribution in [3.63, 3.8) is 0 Å². The van der Waals surface area contributed by atoms with Crippen molar-refractivity contribution in [2.75, 3.05) is 7.11 Å². The molecule has 0 radical (unpaired) electrons. The maximum atomic E-state index is 12.5. The van der Waals surface area contributed by atoms with Crippen molar-refractivity contribution in [1.82, 2.24) is 10.6 Å². The van der Waals surface area contributed by atoms with Gasteiger partial charge < -0.3 is 21.1 Å². The van der Waals surface area contributed by atoms with E-state index < -0.39 is 30.0 Å². The maximum absolute atomic E-state index is 12.5. The summed E-state index contributed by atoms with van der Waals surface area (Å²) in [7, 11) is 1.27. The van der Waals surface area contributed by atoms with Crippen molar-refractivity contribution < 1.29 is 19.1 Å². The van der Waals surface area contributed by atoms with Crippen molar-refractivity contribution in [3.8, 4) is 0 Å². The van der Waals surface area contributed by atoms with Crippen molar-refractivity contribution >= 4 is 17.8 Å². The van der Waals surface area contributed by atoms with Gasteiger partial charge in [0.1, 0.15) is 12.1 Å². The Labute approximate surface area is 138 Å². The third-order valence-electron chi connectivity index (χ3n) is 3.69. The Morgan fingerprint density at radius 1 is 0.783 bits per heavy atom. The van der Waals surface area contributed by atoms with E-state index in [2.05, 4.69) is 10.6 Å². The lowest BCUT2D eigenvalue weighted by atomic mass is 9.98. The smallest absolute Gasteiger partial charge is 0.328 e. The fraction of sp³-hybridized carbons (Fsp3) is 0.812. The predicted molar refractivity (Wildman–Crippen MR) is 88.4 cm³/mol. The summed E-state index contributed by atoms with van der Waals surface area (Å²) in [6.07, 6.45) is 0. The van der Waals surface area contributed by atoms with Gasteiger partial charge in [0.25, 0.3) is 0 Å². The highest BCUT2D eigenvalue weighted by molar-refractivity contribution is 5.92. The van der Waals surface area contributed by atoms with E-state index in [0.717, 1.165) is 0 Å². The number of ether oxygens (including phenoxy) is 1. The molecule has 0 unspecified atom stereocenters. The van der Waals surface area contributed by atoms with E-state index in [9.17, 15) is 14.4 Å². The van der Waals surface area contributed by atoms with E-state index in [1.807, 2.05) is 27.7 Å². The van der Waals surface area contributed by atoms with Crippen molar-refractivity contribution in [1.29, 1.82) is 0 Å². The summed E-state index contributed by atoms with van der Waals surface area (Å²) >= 11 is 0. The van der Waals surface area contributed by atoms with Crippen LogP contribution in [0.5, 0.6) is 0 Å². The molecule has 0 aliphatic rings.